The summed E-state index contributed by atoms with van der Waals surface area (Å²) in [6, 6.07) is 17.8. The Labute approximate surface area is 187 Å². The van der Waals surface area contributed by atoms with Crippen molar-refractivity contribution < 1.29 is 13.9 Å². The molecule has 158 valence electrons. The van der Waals surface area contributed by atoms with Gasteiger partial charge in [-0.1, -0.05) is 18.2 Å². The number of allylic oxidation sites excluding steroid dienone is 1. The van der Waals surface area contributed by atoms with Gasteiger partial charge in [-0.25, -0.2) is 14.6 Å². The van der Waals surface area contributed by atoms with Crippen molar-refractivity contribution in [1.82, 2.24) is 4.98 Å². The topological polar surface area (TPSA) is 105 Å². The Hall–Kier alpha value is -4.22. The van der Waals surface area contributed by atoms with Crippen molar-refractivity contribution in [3.8, 4) is 17.3 Å². The van der Waals surface area contributed by atoms with E-state index in [2.05, 4.69) is 16.4 Å². The van der Waals surface area contributed by atoms with E-state index in [9.17, 15) is 14.9 Å². The lowest BCUT2D eigenvalue weighted by atomic mass is 10.1. The van der Waals surface area contributed by atoms with Crippen LogP contribution in [0.3, 0.4) is 0 Å². The fraction of sp³-hybridized carbons (Fsp3) is 0.0833. The fourth-order valence-corrected chi connectivity index (χ4v) is 3.76. The average Bonchev–Trinajstić information content (AvgIpc) is 3.29. The van der Waals surface area contributed by atoms with Crippen molar-refractivity contribution in [2.75, 3.05) is 11.9 Å². The first-order valence-electron chi connectivity index (χ1n) is 9.72. The molecule has 0 fully saturated rings. The molecule has 0 saturated heterocycles. The highest BCUT2D eigenvalue weighted by Gasteiger charge is 2.14. The highest BCUT2D eigenvalue weighted by Crippen LogP contribution is 2.26. The van der Waals surface area contributed by atoms with E-state index in [1.807, 2.05) is 12.1 Å². The standard InChI is InChI=1S/C24H17N3O4S/c1-2-30-23(28)15-7-9-18(10-8-15)26-13-17(12-25)22-27-20(14-32-22)19-11-16-5-3-4-6-21(16)31-24(19)29/h3-11,13-14,26H,2H2,1H3/b17-13+. The molecule has 2 aromatic carbocycles. The number of carbonyl (C=O) groups excluding carboxylic acids is 1. The number of hydrogen-bond acceptors (Lipinski definition) is 8. The predicted molar refractivity (Wildman–Crippen MR) is 123 cm³/mol. The maximum atomic E-state index is 12.4. The Morgan fingerprint density at radius 3 is 2.78 bits per heavy atom. The number of nitrogens with zero attached hydrogens (tertiary/aromatic N) is 2. The Balaban J connectivity index is 1.56. The minimum atomic E-state index is -0.483. The highest BCUT2D eigenvalue weighted by molar-refractivity contribution is 7.11. The molecule has 7 nitrogen and oxygen atoms in total. The Kier molecular flexibility index (Phi) is 6.10. The smallest absolute Gasteiger partial charge is 0.345 e. The monoisotopic (exact) mass is 443 g/mol. The number of rotatable bonds is 6. The number of para-hydroxylation sites is 1. The fourth-order valence-electron chi connectivity index (χ4n) is 2.98. The van der Waals surface area contributed by atoms with Crippen LogP contribution in [0.15, 0.2) is 75.4 Å². The molecule has 0 unspecified atom stereocenters. The van der Waals surface area contributed by atoms with Crippen molar-refractivity contribution in [3.63, 3.8) is 0 Å². The zero-order valence-electron chi connectivity index (χ0n) is 17.0. The minimum absolute atomic E-state index is 0.306. The lowest BCUT2D eigenvalue weighted by Gasteiger charge is -2.04. The third-order valence-corrected chi connectivity index (χ3v) is 5.43. The van der Waals surface area contributed by atoms with Crippen molar-refractivity contribution in [3.05, 3.63) is 87.2 Å². The molecule has 2 heterocycles. The summed E-state index contributed by atoms with van der Waals surface area (Å²) in [7, 11) is 0. The predicted octanol–water partition coefficient (Wildman–Crippen LogP) is 5.07. The third-order valence-electron chi connectivity index (χ3n) is 4.55. The molecule has 0 amide bonds. The second-order valence-electron chi connectivity index (χ2n) is 6.64. The van der Waals surface area contributed by atoms with Gasteiger partial charge in [-0.05, 0) is 43.3 Å². The minimum Gasteiger partial charge on any atom is -0.462 e. The van der Waals surface area contributed by atoms with Gasteiger partial charge in [0, 0.05) is 22.7 Å². The summed E-state index contributed by atoms with van der Waals surface area (Å²) in [5.74, 6) is -0.388. The van der Waals surface area contributed by atoms with Crippen LogP contribution in [0.5, 0.6) is 0 Å². The van der Waals surface area contributed by atoms with Crippen LogP contribution in [-0.2, 0) is 4.74 Å². The summed E-state index contributed by atoms with van der Waals surface area (Å²) < 4.78 is 10.3. The lowest BCUT2D eigenvalue weighted by molar-refractivity contribution is 0.0526. The lowest BCUT2D eigenvalue weighted by Crippen LogP contribution is -2.04. The molecular formula is C24H17N3O4S. The molecule has 0 saturated carbocycles. The normalized spacial score (nSPS) is 11.2. The first kappa shape index (κ1) is 21.0. The SMILES string of the molecule is CCOC(=O)c1ccc(N/C=C(\C#N)c2nc(-c3cc4ccccc4oc3=O)cs2)cc1. The molecule has 2 aromatic heterocycles. The van der Waals surface area contributed by atoms with E-state index in [0.717, 1.165) is 5.39 Å². The van der Waals surface area contributed by atoms with E-state index in [1.54, 1.807) is 54.8 Å². The quantitative estimate of drug-likeness (QED) is 0.252. The molecule has 8 heteroatoms. The number of esters is 1. The van der Waals surface area contributed by atoms with Gasteiger partial charge < -0.3 is 14.5 Å². The Bertz CT molecular complexity index is 1410. The highest BCUT2D eigenvalue weighted by atomic mass is 32.1. The van der Waals surface area contributed by atoms with E-state index < -0.39 is 5.63 Å². The second-order valence-corrected chi connectivity index (χ2v) is 7.49. The molecule has 0 radical (unpaired) electrons. The van der Waals surface area contributed by atoms with Crippen LogP contribution in [0.2, 0.25) is 0 Å². The summed E-state index contributed by atoms with van der Waals surface area (Å²) in [5, 5.41) is 15.6. The van der Waals surface area contributed by atoms with Crippen molar-refractivity contribution in [1.29, 1.82) is 5.26 Å². The van der Waals surface area contributed by atoms with Crippen molar-refractivity contribution >= 4 is 39.5 Å². The molecule has 4 aromatic rings. The first-order valence-corrected chi connectivity index (χ1v) is 10.6. The average molecular weight is 443 g/mol. The maximum absolute atomic E-state index is 12.4. The zero-order valence-corrected chi connectivity index (χ0v) is 17.8. The van der Waals surface area contributed by atoms with Gasteiger partial charge in [0.2, 0.25) is 0 Å². The van der Waals surface area contributed by atoms with Crippen molar-refractivity contribution in [2.45, 2.75) is 6.92 Å². The van der Waals surface area contributed by atoms with Crippen LogP contribution in [0.1, 0.15) is 22.3 Å². The number of carbonyl (C=O) groups is 1. The summed E-state index contributed by atoms with van der Waals surface area (Å²) in [5.41, 5.74) is 2.25. The molecule has 1 N–H and O–H groups in total. The van der Waals surface area contributed by atoms with Gasteiger partial charge in [-0.15, -0.1) is 11.3 Å². The maximum Gasteiger partial charge on any atom is 0.345 e. The molecule has 0 bridgehead atoms. The molecule has 0 aliphatic rings. The number of nitrogens with one attached hydrogen (secondary N) is 1. The van der Waals surface area contributed by atoms with Gasteiger partial charge in [0.25, 0.3) is 0 Å². The molecule has 0 spiro atoms. The third kappa shape index (κ3) is 4.43. The molecular weight excluding hydrogens is 426 g/mol. The van der Waals surface area contributed by atoms with Gasteiger partial charge in [0.05, 0.1) is 23.4 Å². The second kappa shape index (κ2) is 9.29. The summed E-state index contributed by atoms with van der Waals surface area (Å²) in [4.78, 5) is 28.6. The summed E-state index contributed by atoms with van der Waals surface area (Å²) >= 11 is 1.25. The first-order chi connectivity index (χ1) is 15.6. The van der Waals surface area contributed by atoms with E-state index in [0.29, 0.717) is 45.3 Å². The van der Waals surface area contributed by atoms with Gasteiger partial charge in [-0.2, -0.15) is 5.26 Å². The number of fused-ring (bicyclic) bond motifs is 1. The number of aromatic nitrogens is 1. The van der Waals surface area contributed by atoms with Crippen LogP contribution in [0, 0.1) is 11.3 Å². The van der Waals surface area contributed by atoms with Gasteiger partial charge in [0.1, 0.15) is 22.2 Å². The van der Waals surface area contributed by atoms with E-state index in [1.165, 1.54) is 17.5 Å². The van der Waals surface area contributed by atoms with Gasteiger partial charge >= 0.3 is 11.6 Å². The van der Waals surface area contributed by atoms with Crippen LogP contribution in [0.25, 0.3) is 27.8 Å². The van der Waals surface area contributed by atoms with E-state index in [-0.39, 0.29) is 5.97 Å². The van der Waals surface area contributed by atoms with E-state index in [4.69, 9.17) is 9.15 Å². The van der Waals surface area contributed by atoms with Crippen LogP contribution >= 0.6 is 11.3 Å². The zero-order chi connectivity index (χ0) is 22.5. The number of thiazole rings is 1. The van der Waals surface area contributed by atoms with Gasteiger partial charge in [-0.3, -0.25) is 0 Å². The largest absolute Gasteiger partial charge is 0.462 e. The molecule has 0 aliphatic carbocycles. The number of ether oxygens (including phenoxy) is 1. The van der Waals surface area contributed by atoms with E-state index >= 15 is 0 Å². The summed E-state index contributed by atoms with van der Waals surface area (Å²) in [6.45, 7) is 2.06. The number of nitriles is 1. The number of hydrogen-bond donors (Lipinski definition) is 1. The molecule has 0 atom stereocenters. The van der Waals surface area contributed by atoms with Crippen molar-refractivity contribution in [2.24, 2.45) is 0 Å². The van der Waals surface area contributed by atoms with Gasteiger partial charge in [0.15, 0.2) is 0 Å². The summed E-state index contributed by atoms with van der Waals surface area (Å²) in [6.07, 6.45) is 1.53. The molecule has 32 heavy (non-hydrogen) atoms. The van der Waals surface area contributed by atoms with Crippen LogP contribution in [-0.4, -0.2) is 17.6 Å². The Morgan fingerprint density at radius 1 is 1.25 bits per heavy atom. The Morgan fingerprint density at radius 2 is 2.03 bits per heavy atom. The molecule has 0 aliphatic heterocycles. The van der Waals surface area contributed by atoms with Crippen LogP contribution < -0.4 is 10.9 Å². The molecule has 4 rings (SSSR count). The number of benzene rings is 2. The van der Waals surface area contributed by atoms with Crippen LogP contribution in [0.4, 0.5) is 5.69 Å². The number of anilines is 1.